The highest BCUT2D eigenvalue weighted by Gasteiger charge is 2.29. The molecule has 0 aromatic carbocycles. The van der Waals surface area contributed by atoms with Crippen molar-refractivity contribution in [2.24, 2.45) is 0 Å². The largest absolute Gasteiger partial charge is 0.378 e. The lowest BCUT2D eigenvalue weighted by molar-refractivity contribution is 0.0302. The van der Waals surface area contributed by atoms with Gasteiger partial charge >= 0.3 is 0 Å². The Morgan fingerprint density at radius 2 is 1.94 bits per heavy atom. The van der Waals surface area contributed by atoms with Gasteiger partial charge in [0.2, 0.25) is 0 Å². The van der Waals surface area contributed by atoms with Crippen LogP contribution in [0.3, 0.4) is 0 Å². The van der Waals surface area contributed by atoms with Gasteiger partial charge in [-0.2, -0.15) is 0 Å². The molecule has 4 nitrogen and oxygen atoms in total. The van der Waals surface area contributed by atoms with Crippen LogP contribution in [0.15, 0.2) is 6.07 Å². The summed E-state index contributed by atoms with van der Waals surface area (Å²) in [5.74, 6) is 0.165. The van der Waals surface area contributed by atoms with E-state index in [2.05, 4.69) is 18.4 Å². The summed E-state index contributed by atoms with van der Waals surface area (Å²) >= 11 is 0. The molecule has 1 aromatic heterocycles. The van der Waals surface area contributed by atoms with Crippen LogP contribution in [0.1, 0.15) is 40.6 Å². The van der Waals surface area contributed by atoms with Crippen molar-refractivity contribution in [3.05, 3.63) is 23.0 Å². The first-order chi connectivity index (χ1) is 8.68. The van der Waals surface area contributed by atoms with E-state index in [4.69, 9.17) is 4.74 Å². The minimum atomic E-state index is 0.165. The maximum Gasteiger partial charge on any atom is 0.255 e. The van der Waals surface area contributed by atoms with Gasteiger partial charge in [0.05, 0.1) is 18.8 Å². The molecule has 0 radical (unpaired) electrons. The minimum absolute atomic E-state index is 0.165. The zero-order chi connectivity index (χ0) is 12.7. The number of carbonyl (C=O) groups is 1. The summed E-state index contributed by atoms with van der Waals surface area (Å²) in [6, 6.07) is 2.68. The number of aromatic nitrogens is 1. The smallest absolute Gasteiger partial charge is 0.255 e. The SMILES string of the molecule is Cc1cc(C(=O)N2CCOCC2)c(C)n1C1CC1. The lowest BCUT2D eigenvalue weighted by Gasteiger charge is -2.26. The van der Waals surface area contributed by atoms with Gasteiger partial charge in [0.1, 0.15) is 0 Å². The molecule has 3 rings (SSSR count). The molecule has 1 saturated carbocycles. The van der Waals surface area contributed by atoms with Crippen LogP contribution in [-0.4, -0.2) is 41.7 Å². The van der Waals surface area contributed by atoms with Crippen LogP contribution >= 0.6 is 0 Å². The third kappa shape index (κ3) is 1.94. The average Bonchev–Trinajstić information content (AvgIpc) is 3.16. The lowest BCUT2D eigenvalue weighted by Crippen LogP contribution is -2.40. The normalized spacial score (nSPS) is 20.2. The molecule has 1 aliphatic carbocycles. The quantitative estimate of drug-likeness (QED) is 0.801. The maximum atomic E-state index is 12.5. The topological polar surface area (TPSA) is 34.5 Å². The molecule has 2 heterocycles. The van der Waals surface area contributed by atoms with Gasteiger partial charge in [-0.25, -0.2) is 0 Å². The highest BCUT2D eigenvalue weighted by molar-refractivity contribution is 5.95. The second-order valence-electron chi connectivity index (χ2n) is 5.29. The van der Waals surface area contributed by atoms with Crippen LogP contribution in [0, 0.1) is 13.8 Å². The summed E-state index contributed by atoms with van der Waals surface area (Å²) in [4.78, 5) is 14.4. The fourth-order valence-electron chi connectivity index (χ4n) is 2.83. The number of morpholine rings is 1. The summed E-state index contributed by atoms with van der Waals surface area (Å²) in [6.07, 6.45) is 2.50. The molecule has 0 bridgehead atoms. The summed E-state index contributed by atoms with van der Waals surface area (Å²) in [5.41, 5.74) is 3.22. The molecule has 2 aliphatic rings. The summed E-state index contributed by atoms with van der Waals surface area (Å²) in [7, 11) is 0. The summed E-state index contributed by atoms with van der Waals surface area (Å²) in [6.45, 7) is 6.92. The second-order valence-corrected chi connectivity index (χ2v) is 5.29. The Morgan fingerprint density at radius 3 is 2.56 bits per heavy atom. The molecule has 1 aliphatic heterocycles. The fraction of sp³-hybridized carbons (Fsp3) is 0.643. The van der Waals surface area contributed by atoms with Crippen LogP contribution in [-0.2, 0) is 4.74 Å². The number of carbonyl (C=O) groups excluding carboxylic acids is 1. The van der Waals surface area contributed by atoms with E-state index < -0.39 is 0 Å². The van der Waals surface area contributed by atoms with E-state index >= 15 is 0 Å². The van der Waals surface area contributed by atoms with Crippen molar-refractivity contribution in [1.82, 2.24) is 9.47 Å². The second kappa shape index (κ2) is 4.43. The molecule has 98 valence electrons. The molecule has 0 unspecified atom stereocenters. The number of aryl methyl sites for hydroxylation is 1. The van der Waals surface area contributed by atoms with Gasteiger partial charge < -0.3 is 14.2 Å². The van der Waals surface area contributed by atoms with Crippen LogP contribution in [0.2, 0.25) is 0 Å². The molecular weight excluding hydrogens is 228 g/mol. The van der Waals surface area contributed by atoms with Crippen molar-refractivity contribution >= 4 is 5.91 Å². The first-order valence-electron chi connectivity index (χ1n) is 6.74. The zero-order valence-corrected chi connectivity index (χ0v) is 11.1. The molecular formula is C14H20N2O2. The molecule has 0 spiro atoms. The highest BCUT2D eigenvalue weighted by atomic mass is 16.5. The predicted molar refractivity (Wildman–Crippen MR) is 68.9 cm³/mol. The Balaban J connectivity index is 1.87. The van der Waals surface area contributed by atoms with Gasteiger partial charge in [-0.1, -0.05) is 0 Å². The number of ether oxygens (including phenoxy) is 1. The van der Waals surface area contributed by atoms with Crippen LogP contribution < -0.4 is 0 Å². The van der Waals surface area contributed by atoms with E-state index in [1.165, 1.54) is 18.5 Å². The molecule has 2 fully saturated rings. The third-order valence-electron chi connectivity index (χ3n) is 3.93. The Morgan fingerprint density at radius 1 is 1.28 bits per heavy atom. The van der Waals surface area contributed by atoms with Gasteiger partial charge in [-0.15, -0.1) is 0 Å². The van der Waals surface area contributed by atoms with E-state index in [1.807, 2.05) is 11.0 Å². The molecule has 1 aromatic rings. The minimum Gasteiger partial charge on any atom is -0.378 e. The Bertz CT molecular complexity index is 468. The van der Waals surface area contributed by atoms with Gasteiger partial charge in [-0.05, 0) is 32.8 Å². The maximum absolute atomic E-state index is 12.5. The Labute approximate surface area is 108 Å². The Kier molecular flexibility index (Phi) is 2.90. The van der Waals surface area contributed by atoms with Gasteiger partial charge in [0.15, 0.2) is 0 Å². The first-order valence-corrected chi connectivity index (χ1v) is 6.74. The van der Waals surface area contributed by atoms with Gasteiger partial charge in [-0.3, -0.25) is 4.79 Å². The van der Waals surface area contributed by atoms with E-state index in [-0.39, 0.29) is 5.91 Å². The van der Waals surface area contributed by atoms with Crippen molar-refractivity contribution in [3.8, 4) is 0 Å². The number of hydrogen-bond donors (Lipinski definition) is 0. The van der Waals surface area contributed by atoms with E-state index in [0.29, 0.717) is 32.3 Å². The molecule has 0 atom stereocenters. The van der Waals surface area contributed by atoms with Crippen molar-refractivity contribution in [3.63, 3.8) is 0 Å². The number of nitrogens with zero attached hydrogens (tertiary/aromatic N) is 2. The van der Waals surface area contributed by atoms with Crippen LogP contribution in [0.5, 0.6) is 0 Å². The Hall–Kier alpha value is -1.29. The molecule has 0 N–H and O–H groups in total. The third-order valence-corrected chi connectivity index (χ3v) is 3.93. The average molecular weight is 248 g/mol. The summed E-state index contributed by atoms with van der Waals surface area (Å²) in [5, 5.41) is 0. The van der Waals surface area contributed by atoms with Crippen molar-refractivity contribution in [2.45, 2.75) is 32.7 Å². The summed E-state index contributed by atoms with van der Waals surface area (Å²) < 4.78 is 7.62. The lowest BCUT2D eigenvalue weighted by atomic mass is 10.2. The van der Waals surface area contributed by atoms with E-state index in [1.54, 1.807) is 0 Å². The van der Waals surface area contributed by atoms with Crippen molar-refractivity contribution in [1.29, 1.82) is 0 Å². The van der Waals surface area contributed by atoms with Gasteiger partial charge in [0.25, 0.3) is 5.91 Å². The van der Waals surface area contributed by atoms with Gasteiger partial charge in [0, 0.05) is 30.5 Å². The first kappa shape index (κ1) is 11.8. The van der Waals surface area contributed by atoms with Crippen molar-refractivity contribution < 1.29 is 9.53 Å². The molecule has 4 heteroatoms. The molecule has 1 saturated heterocycles. The number of hydrogen-bond acceptors (Lipinski definition) is 2. The monoisotopic (exact) mass is 248 g/mol. The van der Waals surface area contributed by atoms with Crippen LogP contribution in [0.25, 0.3) is 0 Å². The zero-order valence-electron chi connectivity index (χ0n) is 11.1. The predicted octanol–water partition coefficient (Wildman–Crippen LogP) is 1.91. The van der Waals surface area contributed by atoms with Crippen LogP contribution in [0.4, 0.5) is 0 Å². The number of amides is 1. The molecule has 1 amide bonds. The molecule has 18 heavy (non-hydrogen) atoms. The van der Waals surface area contributed by atoms with E-state index in [0.717, 1.165) is 11.3 Å². The fourth-order valence-corrected chi connectivity index (χ4v) is 2.83. The standard InChI is InChI=1S/C14H20N2O2/c1-10-9-13(11(2)16(10)12-3-4-12)14(17)15-5-7-18-8-6-15/h9,12H,3-8H2,1-2H3. The highest BCUT2D eigenvalue weighted by Crippen LogP contribution is 2.38. The van der Waals surface area contributed by atoms with E-state index in [9.17, 15) is 4.79 Å². The number of rotatable bonds is 2. The van der Waals surface area contributed by atoms with Crippen molar-refractivity contribution in [2.75, 3.05) is 26.3 Å².